The zero-order valence-corrected chi connectivity index (χ0v) is 16.1. The molecule has 0 aliphatic carbocycles. The molecule has 1 N–H and O–H groups in total. The van der Waals surface area contributed by atoms with Crippen LogP contribution < -0.4 is 5.32 Å². The molecule has 3 aromatic rings. The highest BCUT2D eigenvalue weighted by Gasteiger charge is 2.32. The molecule has 0 atom stereocenters. The quantitative estimate of drug-likeness (QED) is 0.310. The largest absolute Gasteiger partial charge is 0.417 e. The lowest BCUT2D eigenvalue weighted by Gasteiger charge is -2.11. The van der Waals surface area contributed by atoms with Crippen LogP contribution in [0, 0.1) is 17.0 Å². The Balaban J connectivity index is 1.96. The van der Waals surface area contributed by atoms with Crippen molar-refractivity contribution >= 4 is 40.7 Å². The summed E-state index contributed by atoms with van der Waals surface area (Å²) in [7, 11) is 0. The van der Waals surface area contributed by atoms with Crippen LogP contribution in [0.15, 0.2) is 52.8 Å². The minimum Gasteiger partial charge on any atom is -0.318 e. The van der Waals surface area contributed by atoms with Crippen LogP contribution in [0.1, 0.15) is 11.1 Å². The van der Waals surface area contributed by atoms with Gasteiger partial charge < -0.3 is 5.32 Å². The van der Waals surface area contributed by atoms with Gasteiger partial charge in [0.2, 0.25) is 5.82 Å². The van der Waals surface area contributed by atoms with E-state index in [0.717, 1.165) is 23.7 Å². The Labute approximate surface area is 171 Å². The van der Waals surface area contributed by atoms with Crippen molar-refractivity contribution < 1.29 is 18.1 Å². The summed E-state index contributed by atoms with van der Waals surface area (Å²) < 4.78 is 38.2. The van der Waals surface area contributed by atoms with Gasteiger partial charge in [0, 0.05) is 11.1 Å². The smallest absolute Gasteiger partial charge is 0.318 e. The van der Waals surface area contributed by atoms with Gasteiger partial charge in [0.1, 0.15) is 6.33 Å². The third kappa shape index (κ3) is 4.93. The van der Waals surface area contributed by atoms with Crippen LogP contribution >= 0.6 is 23.4 Å². The second-order valence-electron chi connectivity index (χ2n) is 5.73. The molecular weight excluding hydrogens is 431 g/mol. The Bertz CT molecular complexity index is 1060. The summed E-state index contributed by atoms with van der Waals surface area (Å²) in [6.07, 6.45) is -2.94. The normalized spacial score (nSPS) is 11.3. The van der Waals surface area contributed by atoms with Crippen molar-refractivity contribution in [2.75, 3.05) is 5.32 Å². The number of anilines is 2. The molecule has 0 bridgehead atoms. The number of alkyl halides is 3. The first-order valence-electron chi connectivity index (χ1n) is 7.89. The van der Waals surface area contributed by atoms with E-state index in [-0.39, 0.29) is 21.7 Å². The molecule has 0 saturated carbocycles. The van der Waals surface area contributed by atoms with Gasteiger partial charge in [0.25, 0.3) is 0 Å². The van der Waals surface area contributed by atoms with Crippen molar-refractivity contribution in [3.05, 3.63) is 69.1 Å². The maximum absolute atomic E-state index is 12.7. The van der Waals surface area contributed by atoms with E-state index in [1.54, 1.807) is 12.1 Å². The molecule has 0 saturated heterocycles. The third-order valence-corrected chi connectivity index (χ3v) is 4.90. The van der Waals surface area contributed by atoms with Gasteiger partial charge in [-0.2, -0.15) is 13.2 Å². The Morgan fingerprint density at radius 2 is 1.83 bits per heavy atom. The summed E-state index contributed by atoms with van der Waals surface area (Å²) in [5.74, 6) is -0.443. The molecule has 0 radical (unpaired) electrons. The van der Waals surface area contributed by atoms with Crippen LogP contribution in [0.4, 0.5) is 30.5 Å². The van der Waals surface area contributed by atoms with Gasteiger partial charge in [0.15, 0.2) is 10.8 Å². The maximum Gasteiger partial charge on any atom is 0.417 e. The van der Waals surface area contributed by atoms with Crippen LogP contribution in [0.5, 0.6) is 0 Å². The fourth-order valence-electron chi connectivity index (χ4n) is 2.21. The SMILES string of the molecule is Cc1ccc(Sc2ncnc(Nc3ncc(C(F)(F)F)cc3Cl)c2[N+](=O)[O-])cc1. The molecule has 150 valence electrons. The van der Waals surface area contributed by atoms with Crippen molar-refractivity contribution in [2.45, 2.75) is 23.0 Å². The molecule has 7 nitrogen and oxygen atoms in total. The maximum atomic E-state index is 12.7. The van der Waals surface area contributed by atoms with Crippen LogP contribution in [0.2, 0.25) is 5.02 Å². The number of pyridine rings is 1. The van der Waals surface area contributed by atoms with E-state index < -0.39 is 22.4 Å². The molecule has 29 heavy (non-hydrogen) atoms. The first-order valence-corrected chi connectivity index (χ1v) is 9.08. The van der Waals surface area contributed by atoms with E-state index in [1.165, 1.54) is 0 Å². The summed E-state index contributed by atoms with van der Waals surface area (Å²) in [4.78, 5) is 23.0. The predicted molar refractivity (Wildman–Crippen MR) is 102 cm³/mol. The molecular formula is C17H11ClF3N5O2S. The van der Waals surface area contributed by atoms with Crippen molar-refractivity contribution in [1.82, 2.24) is 15.0 Å². The number of aryl methyl sites for hydroxylation is 1. The fraction of sp³-hybridized carbons (Fsp3) is 0.118. The summed E-state index contributed by atoms with van der Waals surface area (Å²) >= 11 is 6.91. The standard InChI is InChI=1S/C17H11ClF3N5O2S/c1-9-2-4-11(5-3-9)29-16-13(26(27)28)15(23-8-24-16)25-14-12(18)6-10(7-22-14)17(19,20)21/h2-8H,1H3,(H,22,23,24,25). The lowest BCUT2D eigenvalue weighted by atomic mass is 10.2. The Morgan fingerprint density at radius 3 is 2.41 bits per heavy atom. The lowest BCUT2D eigenvalue weighted by molar-refractivity contribution is -0.387. The Kier molecular flexibility index (Phi) is 5.89. The number of aromatic nitrogens is 3. The van der Waals surface area contributed by atoms with E-state index >= 15 is 0 Å². The molecule has 1 aromatic carbocycles. The van der Waals surface area contributed by atoms with Crippen molar-refractivity contribution in [3.8, 4) is 0 Å². The van der Waals surface area contributed by atoms with Crippen molar-refractivity contribution in [3.63, 3.8) is 0 Å². The van der Waals surface area contributed by atoms with Gasteiger partial charge in [-0.25, -0.2) is 15.0 Å². The number of nitro groups is 1. The van der Waals surface area contributed by atoms with E-state index in [9.17, 15) is 23.3 Å². The molecule has 3 rings (SSSR count). The van der Waals surface area contributed by atoms with E-state index in [0.29, 0.717) is 17.2 Å². The molecule has 0 amide bonds. The third-order valence-electron chi connectivity index (χ3n) is 3.61. The number of benzene rings is 1. The average molecular weight is 442 g/mol. The second kappa shape index (κ2) is 8.21. The summed E-state index contributed by atoms with van der Waals surface area (Å²) in [6.45, 7) is 1.91. The van der Waals surface area contributed by atoms with Crippen LogP contribution in [0.3, 0.4) is 0 Å². The van der Waals surface area contributed by atoms with Crippen molar-refractivity contribution in [1.29, 1.82) is 0 Å². The monoisotopic (exact) mass is 441 g/mol. The molecule has 2 aromatic heterocycles. The number of rotatable bonds is 5. The Hall–Kier alpha value is -2.92. The first kappa shape index (κ1) is 20.8. The fourth-order valence-corrected chi connectivity index (χ4v) is 3.29. The van der Waals surface area contributed by atoms with E-state index in [2.05, 4.69) is 20.3 Å². The molecule has 12 heteroatoms. The van der Waals surface area contributed by atoms with Gasteiger partial charge >= 0.3 is 11.9 Å². The number of hydrogen-bond acceptors (Lipinski definition) is 7. The highest BCUT2D eigenvalue weighted by molar-refractivity contribution is 7.99. The zero-order chi connectivity index (χ0) is 21.2. The van der Waals surface area contributed by atoms with Crippen LogP contribution in [0.25, 0.3) is 0 Å². The number of nitrogens with one attached hydrogen (secondary N) is 1. The van der Waals surface area contributed by atoms with Gasteiger partial charge in [-0.3, -0.25) is 10.1 Å². The van der Waals surface area contributed by atoms with Gasteiger partial charge in [-0.15, -0.1) is 0 Å². The molecule has 0 unspecified atom stereocenters. The van der Waals surface area contributed by atoms with Crippen molar-refractivity contribution in [2.24, 2.45) is 0 Å². The lowest BCUT2D eigenvalue weighted by Crippen LogP contribution is -2.08. The van der Waals surface area contributed by atoms with E-state index in [4.69, 9.17) is 11.6 Å². The first-order chi connectivity index (χ1) is 13.6. The number of halogens is 4. The van der Waals surface area contributed by atoms with Gasteiger partial charge in [-0.1, -0.05) is 41.1 Å². The summed E-state index contributed by atoms with van der Waals surface area (Å²) in [6, 6.07) is 7.94. The molecule has 0 fully saturated rings. The van der Waals surface area contributed by atoms with Gasteiger partial charge in [-0.05, 0) is 25.1 Å². The predicted octanol–water partition coefficient (Wildman–Crippen LogP) is 5.66. The summed E-state index contributed by atoms with van der Waals surface area (Å²) in [5, 5.41) is 13.8. The minimum absolute atomic E-state index is 0.0550. The van der Waals surface area contributed by atoms with Crippen LogP contribution in [-0.2, 0) is 6.18 Å². The highest BCUT2D eigenvalue weighted by atomic mass is 35.5. The van der Waals surface area contributed by atoms with Gasteiger partial charge in [0.05, 0.1) is 15.5 Å². The minimum atomic E-state index is -4.62. The average Bonchev–Trinajstić information content (AvgIpc) is 2.64. The number of nitrogens with zero attached hydrogens (tertiary/aromatic N) is 4. The number of hydrogen-bond donors (Lipinski definition) is 1. The zero-order valence-electron chi connectivity index (χ0n) is 14.6. The molecule has 0 spiro atoms. The van der Waals surface area contributed by atoms with Crippen LogP contribution in [-0.4, -0.2) is 19.9 Å². The molecule has 2 heterocycles. The molecule has 0 aliphatic heterocycles. The topological polar surface area (TPSA) is 93.8 Å². The highest BCUT2D eigenvalue weighted by Crippen LogP contribution is 2.39. The Morgan fingerprint density at radius 1 is 1.14 bits per heavy atom. The second-order valence-corrected chi connectivity index (χ2v) is 7.19. The summed E-state index contributed by atoms with van der Waals surface area (Å²) in [5.41, 5.74) is -0.464. The van der Waals surface area contributed by atoms with E-state index in [1.807, 2.05) is 19.1 Å². The molecule has 0 aliphatic rings.